The summed E-state index contributed by atoms with van der Waals surface area (Å²) in [6.07, 6.45) is 6.47. The summed E-state index contributed by atoms with van der Waals surface area (Å²) in [7, 11) is 0. The van der Waals surface area contributed by atoms with Gasteiger partial charge in [-0.2, -0.15) is 0 Å². The van der Waals surface area contributed by atoms with Crippen molar-refractivity contribution in [1.29, 1.82) is 0 Å². The molecule has 2 aliphatic heterocycles. The number of rotatable bonds is 7. The van der Waals surface area contributed by atoms with E-state index < -0.39 is 0 Å². The van der Waals surface area contributed by atoms with Crippen molar-refractivity contribution in [2.75, 3.05) is 50.7 Å². The van der Waals surface area contributed by atoms with Crippen LogP contribution in [-0.4, -0.2) is 78.2 Å². The van der Waals surface area contributed by atoms with Gasteiger partial charge in [-0.15, -0.1) is 0 Å². The number of nitrogens with zero attached hydrogens (tertiary/aromatic N) is 3. The highest BCUT2D eigenvalue weighted by Gasteiger charge is 2.43. The van der Waals surface area contributed by atoms with Crippen molar-refractivity contribution in [1.82, 2.24) is 20.1 Å². The summed E-state index contributed by atoms with van der Waals surface area (Å²) in [5.41, 5.74) is 4.84. The number of aromatic nitrogens is 1. The maximum absolute atomic E-state index is 13.6. The number of hydrogen-bond donors (Lipinski definition) is 2. The fourth-order valence-electron chi connectivity index (χ4n) is 6.71. The molecule has 6 rings (SSSR count). The third kappa shape index (κ3) is 5.16. The molecule has 0 spiro atoms. The summed E-state index contributed by atoms with van der Waals surface area (Å²) >= 11 is 0. The number of anilines is 1. The van der Waals surface area contributed by atoms with Gasteiger partial charge < -0.3 is 15.2 Å². The maximum Gasteiger partial charge on any atom is 0.123 e. The standard InChI is InChI=1S/C31H42FN5/c1-23(2)35-15-17-37(18-16-35)31(11-4-12-31)22-33-27-9-13-36(14-10-27)28-6-3-5-24(20-28)30-21-25-19-26(32)7-8-29(25)34-30/h3,5-8,19-21,23,27,33-34H,4,9-18,22H2,1-2H3. The average molecular weight is 504 g/mol. The number of fused-ring (bicyclic) bond motifs is 1. The Morgan fingerprint density at radius 2 is 1.76 bits per heavy atom. The minimum Gasteiger partial charge on any atom is -0.371 e. The number of piperazine rings is 1. The number of H-pyrrole nitrogens is 1. The largest absolute Gasteiger partial charge is 0.371 e. The van der Waals surface area contributed by atoms with Crippen LogP contribution in [0.2, 0.25) is 0 Å². The Morgan fingerprint density at radius 1 is 0.973 bits per heavy atom. The molecule has 37 heavy (non-hydrogen) atoms. The smallest absolute Gasteiger partial charge is 0.123 e. The van der Waals surface area contributed by atoms with Crippen LogP contribution in [0.25, 0.3) is 22.2 Å². The predicted octanol–water partition coefficient (Wildman–Crippen LogP) is 5.48. The Labute approximate surface area is 221 Å². The van der Waals surface area contributed by atoms with Crippen LogP contribution in [0.4, 0.5) is 10.1 Å². The van der Waals surface area contributed by atoms with Crippen molar-refractivity contribution in [3.05, 3.63) is 54.3 Å². The molecule has 2 aromatic carbocycles. The molecule has 0 atom stereocenters. The van der Waals surface area contributed by atoms with E-state index in [0.717, 1.165) is 41.8 Å². The van der Waals surface area contributed by atoms with Crippen LogP contribution in [0.5, 0.6) is 0 Å². The second-order valence-electron chi connectivity index (χ2n) is 11.8. The van der Waals surface area contributed by atoms with E-state index in [1.54, 1.807) is 6.07 Å². The monoisotopic (exact) mass is 503 g/mol. The van der Waals surface area contributed by atoms with Crippen molar-refractivity contribution in [3.8, 4) is 11.3 Å². The topological polar surface area (TPSA) is 37.5 Å². The molecule has 2 saturated heterocycles. The van der Waals surface area contributed by atoms with Gasteiger partial charge in [0.25, 0.3) is 0 Å². The van der Waals surface area contributed by atoms with Gasteiger partial charge in [0, 0.05) is 85.7 Å². The van der Waals surface area contributed by atoms with Crippen molar-refractivity contribution < 1.29 is 4.39 Å². The first-order valence-corrected chi connectivity index (χ1v) is 14.4. The Bertz CT molecular complexity index is 1200. The molecular weight excluding hydrogens is 461 g/mol. The quantitative estimate of drug-likeness (QED) is 0.448. The molecule has 0 radical (unpaired) electrons. The number of nitrogens with one attached hydrogen (secondary N) is 2. The lowest BCUT2D eigenvalue weighted by molar-refractivity contribution is -0.0252. The molecule has 0 unspecified atom stereocenters. The summed E-state index contributed by atoms with van der Waals surface area (Å²) < 4.78 is 13.6. The molecule has 198 valence electrons. The van der Waals surface area contributed by atoms with E-state index in [9.17, 15) is 4.39 Å². The lowest BCUT2D eigenvalue weighted by atomic mass is 9.74. The highest BCUT2D eigenvalue weighted by molar-refractivity contribution is 5.86. The molecule has 3 aromatic rings. The lowest BCUT2D eigenvalue weighted by Crippen LogP contribution is -2.65. The summed E-state index contributed by atoms with van der Waals surface area (Å²) in [5, 5.41) is 4.92. The summed E-state index contributed by atoms with van der Waals surface area (Å²) in [5.74, 6) is -0.194. The molecule has 3 fully saturated rings. The van der Waals surface area contributed by atoms with Gasteiger partial charge in [-0.3, -0.25) is 9.80 Å². The Hall–Kier alpha value is -2.41. The SMILES string of the molecule is CC(C)N1CCN(C2(CNC3CCN(c4cccc(-c5cc6cc(F)ccc6[nH]5)c4)CC3)CCC2)CC1. The minimum atomic E-state index is -0.194. The van der Waals surface area contributed by atoms with E-state index in [4.69, 9.17) is 0 Å². The van der Waals surface area contributed by atoms with E-state index in [-0.39, 0.29) is 5.82 Å². The van der Waals surface area contributed by atoms with E-state index >= 15 is 0 Å². The number of benzene rings is 2. The highest BCUT2D eigenvalue weighted by atomic mass is 19.1. The van der Waals surface area contributed by atoms with Gasteiger partial charge in [-0.25, -0.2) is 4.39 Å². The summed E-state index contributed by atoms with van der Waals surface area (Å²) in [4.78, 5) is 11.4. The van der Waals surface area contributed by atoms with Crippen molar-refractivity contribution in [2.45, 2.75) is 63.6 Å². The van der Waals surface area contributed by atoms with Crippen LogP contribution in [0.3, 0.4) is 0 Å². The maximum atomic E-state index is 13.6. The van der Waals surface area contributed by atoms with E-state index in [1.165, 1.54) is 70.0 Å². The van der Waals surface area contributed by atoms with E-state index in [0.29, 0.717) is 17.6 Å². The van der Waals surface area contributed by atoms with Gasteiger partial charge in [-0.05, 0) is 87.9 Å². The Morgan fingerprint density at radius 3 is 2.46 bits per heavy atom. The molecule has 2 N–H and O–H groups in total. The Kier molecular flexibility index (Phi) is 6.99. The average Bonchev–Trinajstić information content (AvgIpc) is 3.32. The first-order chi connectivity index (χ1) is 18.0. The van der Waals surface area contributed by atoms with Crippen molar-refractivity contribution in [2.24, 2.45) is 0 Å². The number of halogens is 1. The van der Waals surface area contributed by atoms with Gasteiger partial charge in [-0.1, -0.05) is 12.1 Å². The molecule has 1 saturated carbocycles. The zero-order valence-electron chi connectivity index (χ0n) is 22.5. The number of hydrogen-bond acceptors (Lipinski definition) is 4. The first kappa shape index (κ1) is 24.9. The van der Waals surface area contributed by atoms with Gasteiger partial charge in [0.15, 0.2) is 0 Å². The molecule has 6 heteroatoms. The van der Waals surface area contributed by atoms with Crippen molar-refractivity contribution >= 4 is 16.6 Å². The number of aromatic amines is 1. The van der Waals surface area contributed by atoms with Crippen LogP contribution >= 0.6 is 0 Å². The van der Waals surface area contributed by atoms with E-state index in [2.05, 4.69) is 63.1 Å². The Balaban J connectivity index is 1.04. The van der Waals surface area contributed by atoms with Crippen LogP contribution in [0.1, 0.15) is 46.0 Å². The fraction of sp³-hybridized carbons (Fsp3) is 0.548. The molecule has 5 nitrogen and oxygen atoms in total. The molecule has 1 aliphatic carbocycles. The molecule has 0 bridgehead atoms. The van der Waals surface area contributed by atoms with Gasteiger partial charge >= 0.3 is 0 Å². The zero-order valence-corrected chi connectivity index (χ0v) is 22.5. The lowest BCUT2D eigenvalue weighted by Gasteiger charge is -2.54. The molecule has 3 aliphatic rings. The van der Waals surface area contributed by atoms with Crippen molar-refractivity contribution in [3.63, 3.8) is 0 Å². The van der Waals surface area contributed by atoms with Crippen LogP contribution < -0.4 is 10.2 Å². The molecule has 3 heterocycles. The minimum absolute atomic E-state index is 0.194. The second kappa shape index (κ2) is 10.4. The molecule has 1 aromatic heterocycles. The third-order valence-electron chi connectivity index (χ3n) is 9.32. The molecular formula is C31H42FN5. The highest BCUT2D eigenvalue weighted by Crippen LogP contribution is 2.38. The van der Waals surface area contributed by atoms with Gasteiger partial charge in [0.1, 0.15) is 5.82 Å². The van der Waals surface area contributed by atoms with Gasteiger partial charge in [0.2, 0.25) is 0 Å². The van der Waals surface area contributed by atoms with Crippen LogP contribution in [-0.2, 0) is 0 Å². The third-order valence-corrected chi connectivity index (χ3v) is 9.32. The zero-order chi connectivity index (χ0) is 25.4. The summed E-state index contributed by atoms with van der Waals surface area (Å²) in [6, 6.07) is 17.0. The number of piperidine rings is 1. The van der Waals surface area contributed by atoms with Crippen LogP contribution in [0, 0.1) is 5.82 Å². The predicted molar refractivity (Wildman–Crippen MR) is 152 cm³/mol. The fourth-order valence-corrected chi connectivity index (χ4v) is 6.71. The second-order valence-corrected chi connectivity index (χ2v) is 11.8. The van der Waals surface area contributed by atoms with Crippen LogP contribution in [0.15, 0.2) is 48.5 Å². The first-order valence-electron chi connectivity index (χ1n) is 14.4. The normalized spacial score (nSPS) is 21.6. The van der Waals surface area contributed by atoms with E-state index in [1.807, 2.05) is 12.1 Å². The van der Waals surface area contributed by atoms with Gasteiger partial charge in [0.05, 0.1) is 0 Å². The summed E-state index contributed by atoms with van der Waals surface area (Å²) in [6.45, 7) is 12.8. The molecule has 0 amide bonds.